The first-order valence-corrected chi connectivity index (χ1v) is 12.5. The van der Waals surface area contributed by atoms with Crippen molar-refractivity contribution in [2.75, 3.05) is 31.7 Å². The predicted molar refractivity (Wildman–Crippen MR) is 135 cm³/mol. The molecule has 1 aromatic heterocycles. The third-order valence-corrected chi connectivity index (χ3v) is 7.23. The maximum atomic E-state index is 13.1. The number of halogens is 1. The van der Waals surface area contributed by atoms with Crippen LogP contribution < -0.4 is 15.4 Å². The van der Waals surface area contributed by atoms with Crippen LogP contribution in [0.2, 0.25) is 5.02 Å². The van der Waals surface area contributed by atoms with Gasteiger partial charge in [0.1, 0.15) is 5.75 Å². The van der Waals surface area contributed by atoms with Gasteiger partial charge in [0.2, 0.25) is 0 Å². The molecule has 2 N–H and O–H groups in total. The Morgan fingerprint density at radius 1 is 1.09 bits per heavy atom. The van der Waals surface area contributed by atoms with Gasteiger partial charge in [-0.2, -0.15) is 0 Å². The number of ether oxygens (including phenoxy) is 2. The smallest absolute Gasteiger partial charge is 0.265 e. The highest BCUT2D eigenvalue weighted by Crippen LogP contribution is 2.35. The Morgan fingerprint density at radius 3 is 2.53 bits per heavy atom. The Morgan fingerprint density at radius 2 is 1.85 bits per heavy atom. The van der Waals surface area contributed by atoms with E-state index < -0.39 is 0 Å². The maximum absolute atomic E-state index is 13.1. The SMILES string of the molecule is CCOc1ccc(C2(CNC(=O)c3ccc(Cl)c(NC(=O)c4cccs4)c3)CCOCC2)cc1. The van der Waals surface area contributed by atoms with Crippen LogP contribution in [0.5, 0.6) is 5.75 Å². The second-order valence-electron chi connectivity index (χ2n) is 8.16. The molecule has 0 aliphatic carbocycles. The van der Waals surface area contributed by atoms with Gasteiger partial charge in [0.25, 0.3) is 11.8 Å². The van der Waals surface area contributed by atoms with Gasteiger partial charge >= 0.3 is 0 Å². The first-order chi connectivity index (χ1) is 16.5. The number of anilines is 1. The van der Waals surface area contributed by atoms with E-state index in [1.165, 1.54) is 11.3 Å². The normalized spacial score (nSPS) is 14.9. The summed E-state index contributed by atoms with van der Waals surface area (Å²) in [6, 6.07) is 16.5. The van der Waals surface area contributed by atoms with E-state index in [9.17, 15) is 9.59 Å². The van der Waals surface area contributed by atoms with Crippen LogP contribution in [0.4, 0.5) is 5.69 Å². The molecule has 0 saturated carbocycles. The topological polar surface area (TPSA) is 76.7 Å². The van der Waals surface area contributed by atoms with Gasteiger partial charge in [-0.1, -0.05) is 29.8 Å². The van der Waals surface area contributed by atoms with Gasteiger partial charge in [-0.05, 0) is 67.1 Å². The second-order valence-corrected chi connectivity index (χ2v) is 9.51. The molecule has 3 aromatic rings. The molecule has 0 bridgehead atoms. The Kier molecular flexibility index (Phi) is 7.88. The fraction of sp³-hybridized carbons (Fsp3) is 0.308. The third kappa shape index (κ3) is 5.60. The molecule has 1 fully saturated rings. The van der Waals surface area contributed by atoms with Crippen molar-refractivity contribution < 1.29 is 19.1 Å². The minimum atomic E-state index is -0.258. The molecule has 34 heavy (non-hydrogen) atoms. The largest absolute Gasteiger partial charge is 0.494 e. The lowest BCUT2D eigenvalue weighted by atomic mass is 9.74. The minimum Gasteiger partial charge on any atom is -0.494 e. The number of rotatable bonds is 8. The Labute approximate surface area is 208 Å². The summed E-state index contributed by atoms with van der Waals surface area (Å²) < 4.78 is 11.2. The van der Waals surface area contributed by atoms with Crippen LogP contribution in [0.3, 0.4) is 0 Å². The molecule has 0 radical (unpaired) electrons. The molecule has 4 rings (SSSR count). The molecule has 1 aliphatic rings. The quantitative estimate of drug-likeness (QED) is 0.428. The van der Waals surface area contributed by atoms with Crippen LogP contribution in [0.1, 0.15) is 45.4 Å². The van der Waals surface area contributed by atoms with Crippen molar-refractivity contribution in [2.45, 2.75) is 25.2 Å². The zero-order chi connectivity index (χ0) is 24.0. The summed E-state index contributed by atoms with van der Waals surface area (Å²) in [7, 11) is 0. The fourth-order valence-electron chi connectivity index (χ4n) is 4.11. The zero-order valence-electron chi connectivity index (χ0n) is 18.9. The summed E-state index contributed by atoms with van der Waals surface area (Å²) in [5.74, 6) is 0.349. The number of carbonyl (C=O) groups excluding carboxylic acids is 2. The van der Waals surface area contributed by atoms with E-state index in [0.717, 1.165) is 24.2 Å². The van der Waals surface area contributed by atoms with Crippen molar-refractivity contribution in [3.8, 4) is 5.75 Å². The molecule has 1 saturated heterocycles. The van der Waals surface area contributed by atoms with Gasteiger partial charge < -0.3 is 20.1 Å². The zero-order valence-corrected chi connectivity index (χ0v) is 20.5. The minimum absolute atomic E-state index is 0.221. The molecule has 0 spiro atoms. The standard InChI is InChI=1S/C26H27ClN2O4S/c1-2-33-20-8-6-19(7-9-20)26(11-13-32-14-12-26)17-28-24(30)18-5-10-21(27)22(16-18)29-25(31)23-4-3-15-34-23/h3-10,15-16H,2,11-14,17H2,1H3,(H,28,30)(H,29,31). The van der Waals surface area contributed by atoms with E-state index in [-0.39, 0.29) is 17.2 Å². The molecule has 0 atom stereocenters. The number of carbonyl (C=O) groups is 2. The van der Waals surface area contributed by atoms with Crippen LogP contribution in [-0.4, -0.2) is 38.2 Å². The molecule has 2 aromatic carbocycles. The Hall–Kier alpha value is -2.87. The van der Waals surface area contributed by atoms with Gasteiger partial charge in [0.05, 0.1) is 22.2 Å². The van der Waals surface area contributed by atoms with Crippen molar-refractivity contribution in [1.82, 2.24) is 5.32 Å². The number of nitrogens with one attached hydrogen (secondary N) is 2. The van der Waals surface area contributed by atoms with E-state index in [1.54, 1.807) is 24.3 Å². The molecular weight excluding hydrogens is 472 g/mol. The first-order valence-electron chi connectivity index (χ1n) is 11.2. The Balaban J connectivity index is 1.48. The van der Waals surface area contributed by atoms with Crippen molar-refractivity contribution in [3.05, 3.63) is 81.0 Å². The number of thiophene rings is 1. The van der Waals surface area contributed by atoms with E-state index in [2.05, 4.69) is 22.8 Å². The summed E-state index contributed by atoms with van der Waals surface area (Å²) in [6.45, 7) is 4.33. The molecule has 2 amide bonds. The van der Waals surface area contributed by atoms with Crippen molar-refractivity contribution >= 4 is 40.4 Å². The fourth-order valence-corrected chi connectivity index (χ4v) is 4.89. The molecule has 8 heteroatoms. The van der Waals surface area contributed by atoms with Crippen molar-refractivity contribution in [1.29, 1.82) is 0 Å². The average molecular weight is 499 g/mol. The van der Waals surface area contributed by atoms with Crippen LogP contribution in [0, 0.1) is 0 Å². The lowest BCUT2D eigenvalue weighted by Gasteiger charge is -2.38. The summed E-state index contributed by atoms with van der Waals surface area (Å²) in [5, 5.41) is 8.09. The Bertz CT molecular complexity index is 1130. The maximum Gasteiger partial charge on any atom is 0.265 e. The summed E-state index contributed by atoms with van der Waals surface area (Å²) in [6.07, 6.45) is 1.62. The van der Waals surface area contributed by atoms with Crippen molar-refractivity contribution in [3.63, 3.8) is 0 Å². The second kappa shape index (κ2) is 11.0. The van der Waals surface area contributed by atoms with Crippen LogP contribution in [0.25, 0.3) is 0 Å². The van der Waals surface area contributed by atoms with Gasteiger partial charge in [0, 0.05) is 30.7 Å². The number of amides is 2. The predicted octanol–water partition coefficient (Wildman–Crippen LogP) is 5.53. The average Bonchev–Trinajstić information content (AvgIpc) is 3.40. The molecule has 1 aliphatic heterocycles. The molecular formula is C26H27ClN2O4S. The summed E-state index contributed by atoms with van der Waals surface area (Å²) in [4.78, 5) is 26.1. The van der Waals surface area contributed by atoms with E-state index >= 15 is 0 Å². The molecule has 0 unspecified atom stereocenters. The first kappa shape index (κ1) is 24.3. The third-order valence-electron chi connectivity index (χ3n) is 6.04. The highest BCUT2D eigenvalue weighted by atomic mass is 35.5. The highest BCUT2D eigenvalue weighted by molar-refractivity contribution is 7.12. The van der Waals surface area contributed by atoms with Crippen molar-refractivity contribution in [2.24, 2.45) is 0 Å². The molecule has 2 heterocycles. The van der Waals surface area contributed by atoms with Gasteiger partial charge in [-0.25, -0.2) is 0 Å². The van der Waals surface area contributed by atoms with Gasteiger partial charge in [0.15, 0.2) is 0 Å². The number of hydrogen-bond donors (Lipinski definition) is 2. The van der Waals surface area contributed by atoms with E-state index in [1.807, 2.05) is 30.5 Å². The summed E-state index contributed by atoms with van der Waals surface area (Å²) in [5.41, 5.74) is 1.76. The number of benzene rings is 2. The highest BCUT2D eigenvalue weighted by Gasteiger charge is 2.35. The monoisotopic (exact) mass is 498 g/mol. The summed E-state index contributed by atoms with van der Waals surface area (Å²) >= 11 is 7.61. The van der Waals surface area contributed by atoms with Crippen LogP contribution in [0.15, 0.2) is 60.0 Å². The lowest BCUT2D eigenvalue weighted by molar-refractivity contribution is 0.0487. The van der Waals surface area contributed by atoms with Crippen LogP contribution in [-0.2, 0) is 10.2 Å². The van der Waals surface area contributed by atoms with E-state index in [0.29, 0.717) is 47.5 Å². The lowest BCUT2D eigenvalue weighted by Crippen LogP contribution is -2.44. The molecule has 6 nitrogen and oxygen atoms in total. The van der Waals surface area contributed by atoms with E-state index in [4.69, 9.17) is 21.1 Å². The van der Waals surface area contributed by atoms with Gasteiger partial charge in [-0.3, -0.25) is 9.59 Å². The van der Waals surface area contributed by atoms with Gasteiger partial charge in [-0.15, -0.1) is 11.3 Å². The molecule has 178 valence electrons. The number of hydrogen-bond acceptors (Lipinski definition) is 5. The van der Waals surface area contributed by atoms with Crippen LogP contribution >= 0.6 is 22.9 Å².